The van der Waals surface area contributed by atoms with Crippen LogP contribution in [0.15, 0.2) is 54.6 Å². The number of rotatable bonds is 6. The lowest BCUT2D eigenvalue weighted by atomic mass is 9.97. The second kappa shape index (κ2) is 11.5. The molecule has 4 N–H and O–H groups in total. The summed E-state index contributed by atoms with van der Waals surface area (Å²) in [4.78, 5) is 19.2. The Bertz CT molecular complexity index is 1200. The number of aromatic hydroxyl groups is 1. The quantitative estimate of drug-likeness (QED) is 0.469. The highest BCUT2D eigenvalue weighted by Crippen LogP contribution is 2.35. The average molecular weight is 478 g/mol. The average Bonchev–Trinajstić information content (AvgIpc) is 2.83. The summed E-state index contributed by atoms with van der Waals surface area (Å²) in [5.74, 6) is 0.126. The first-order valence-corrected chi connectivity index (χ1v) is 11.2. The van der Waals surface area contributed by atoms with E-state index < -0.39 is 0 Å². The molecule has 0 bridgehead atoms. The van der Waals surface area contributed by atoms with Crippen molar-refractivity contribution >= 4 is 29.8 Å². The number of nitrogens with zero attached hydrogens (tertiary/aromatic N) is 3. The Hall–Kier alpha value is -3.60. The van der Waals surface area contributed by atoms with Gasteiger partial charge < -0.3 is 21.1 Å². The number of carbonyl (C=O) groups is 1. The Morgan fingerprint density at radius 1 is 1.09 bits per heavy atom. The molecule has 1 aliphatic rings. The van der Waals surface area contributed by atoms with Crippen LogP contribution in [0.3, 0.4) is 0 Å². The van der Waals surface area contributed by atoms with Gasteiger partial charge in [-0.15, -0.1) is 12.4 Å². The molecule has 1 aliphatic heterocycles. The summed E-state index contributed by atoms with van der Waals surface area (Å²) >= 11 is 0. The van der Waals surface area contributed by atoms with E-state index in [1.54, 1.807) is 30.3 Å². The van der Waals surface area contributed by atoms with Gasteiger partial charge in [0.05, 0.1) is 5.69 Å². The van der Waals surface area contributed by atoms with Gasteiger partial charge in [0, 0.05) is 29.8 Å². The summed E-state index contributed by atoms with van der Waals surface area (Å²) in [5.41, 5.74) is 9.31. The molecule has 2 heterocycles. The number of pyridine rings is 1. The van der Waals surface area contributed by atoms with E-state index in [0.29, 0.717) is 28.9 Å². The van der Waals surface area contributed by atoms with Crippen LogP contribution in [-0.2, 0) is 4.79 Å². The van der Waals surface area contributed by atoms with Gasteiger partial charge in [-0.1, -0.05) is 30.7 Å². The van der Waals surface area contributed by atoms with Crippen LogP contribution in [-0.4, -0.2) is 40.5 Å². The number of halogens is 1. The molecule has 1 aromatic heterocycles. The van der Waals surface area contributed by atoms with E-state index >= 15 is 0 Å². The fourth-order valence-corrected chi connectivity index (χ4v) is 4.17. The molecule has 34 heavy (non-hydrogen) atoms. The van der Waals surface area contributed by atoms with Gasteiger partial charge >= 0.3 is 0 Å². The number of benzene rings is 2. The summed E-state index contributed by atoms with van der Waals surface area (Å²) in [6.45, 7) is 2.87. The number of nitrogen functional groups attached to an aromatic ring is 1. The highest BCUT2D eigenvalue weighted by molar-refractivity contribution is 5.92. The molecule has 1 fully saturated rings. The van der Waals surface area contributed by atoms with Crippen molar-refractivity contribution in [3.8, 4) is 34.2 Å². The maximum absolute atomic E-state index is 12.5. The van der Waals surface area contributed by atoms with E-state index in [0.717, 1.165) is 25.2 Å². The first-order chi connectivity index (χ1) is 16.0. The second-order valence-corrected chi connectivity index (χ2v) is 8.23. The number of hydrogen-bond donors (Lipinski definition) is 3. The third-order valence-corrected chi connectivity index (χ3v) is 5.90. The molecule has 0 atom stereocenters. The Morgan fingerprint density at radius 2 is 1.85 bits per heavy atom. The van der Waals surface area contributed by atoms with Gasteiger partial charge in [-0.25, -0.2) is 4.98 Å². The van der Waals surface area contributed by atoms with E-state index in [-0.39, 0.29) is 35.4 Å². The van der Waals surface area contributed by atoms with Crippen LogP contribution in [0.5, 0.6) is 5.75 Å². The lowest BCUT2D eigenvalue weighted by molar-refractivity contribution is -0.116. The van der Waals surface area contributed by atoms with Gasteiger partial charge in [-0.2, -0.15) is 5.26 Å². The number of hydrogen-bond acceptors (Lipinski definition) is 6. The largest absolute Gasteiger partial charge is 0.507 e. The lowest BCUT2D eigenvalue weighted by Crippen LogP contribution is -2.32. The molecule has 0 spiro atoms. The molecule has 0 radical (unpaired) electrons. The summed E-state index contributed by atoms with van der Waals surface area (Å²) in [6.07, 6.45) is 4.10. The summed E-state index contributed by atoms with van der Waals surface area (Å²) in [5, 5.41) is 22.9. The van der Waals surface area contributed by atoms with Crippen LogP contribution >= 0.6 is 12.4 Å². The zero-order chi connectivity index (χ0) is 23.2. The monoisotopic (exact) mass is 477 g/mol. The van der Waals surface area contributed by atoms with E-state index in [1.165, 1.54) is 19.3 Å². The topological polar surface area (TPSA) is 115 Å². The maximum Gasteiger partial charge on any atom is 0.225 e. The molecule has 7 nitrogen and oxygen atoms in total. The van der Waals surface area contributed by atoms with Gasteiger partial charge in [0.1, 0.15) is 23.2 Å². The van der Waals surface area contributed by atoms with E-state index in [4.69, 9.17) is 5.73 Å². The van der Waals surface area contributed by atoms with Gasteiger partial charge in [-0.3, -0.25) is 4.79 Å². The minimum absolute atomic E-state index is 0. The number of anilines is 2. The van der Waals surface area contributed by atoms with Gasteiger partial charge in [0.2, 0.25) is 5.91 Å². The minimum Gasteiger partial charge on any atom is -0.507 e. The Kier molecular flexibility index (Phi) is 8.47. The molecule has 3 aromatic rings. The first kappa shape index (κ1) is 25.0. The van der Waals surface area contributed by atoms with Gasteiger partial charge in [-0.05, 0) is 61.8 Å². The number of phenolic OH excluding ortho intramolecular Hbond substituents is 1. The van der Waals surface area contributed by atoms with Crippen molar-refractivity contribution < 1.29 is 9.90 Å². The number of aromatic nitrogens is 1. The number of likely N-dealkylation sites (tertiary alicyclic amines) is 1. The number of amides is 1. The normalized spacial score (nSPS) is 13.5. The molecule has 4 rings (SSSR count). The molecule has 0 aliphatic carbocycles. The number of para-hydroxylation sites is 1. The summed E-state index contributed by atoms with van der Waals surface area (Å²) in [7, 11) is 0. The molecule has 1 saturated heterocycles. The molecule has 0 saturated carbocycles. The molecule has 176 valence electrons. The van der Waals surface area contributed by atoms with Crippen molar-refractivity contribution in [1.29, 1.82) is 5.26 Å². The Balaban J connectivity index is 0.00000324. The van der Waals surface area contributed by atoms with Crippen LogP contribution < -0.4 is 11.1 Å². The third-order valence-electron chi connectivity index (χ3n) is 5.90. The third kappa shape index (κ3) is 5.84. The molecule has 8 heteroatoms. The van der Waals surface area contributed by atoms with Gasteiger partial charge in [0.15, 0.2) is 0 Å². The van der Waals surface area contributed by atoms with Crippen LogP contribution in [0, 0.1) is 11.3 Å². The van der Waals surface area contributed by atoms with Crippen molar-refractivity contribution in [1.82, 2.24) is 9.88 Å². The van der Waals surface area contributed by atoms with Gasteiger partial charge in [0.25, 0.3) is 0 Å². The molecular weight excluding hydrogens is 450 g/mol. The molecule has 1 amide bonds. The minimum atomic E-state index is -0.0395. The fraction of sp³-hybridized carbons (Fsp3) is 0.269. The van der Waals surface area contributed by atoms with Crippen LogP contribution in [0.2, 0.25) is 0 Å². The molecular formula is C26H28ClN5O2. The van der Waals surface area contributed by atoms with Crippen LogP contribution in [0.25, 0.3) is 22.4 Å². The van der Waals surface area contributed by atoms with Crippen molar-refractivity contribution in [2.24, 2.45) is 0 Å². The SMILES string of the molecule is Cl.N#Cc1c(-c2cccc(NC(=O)CCN3CCCCC3)c2)cc(-c2ccccc2O)nc1N. The number of phenols is 1. The summed E-state index contributed by atoms with van der Waals surface area (Å²) in [6, 6.07) is 18.0. The predicted molar refractivity (Wildman–Crippen MR) is 137 cm³/mol. The van der Waals surface area contributed by atoms with E-state index in [9.17, 15) is 15.2 Å². The van der Waals surface area contributed by atoms with Crippen LogP contribution in [0.4, 0.5) is 11.5 Å². The first-order valence-electron chi connectivity index (χ1n) is 11.2. The summed E-state index contributed by atoms with van der Waals surface area (Å²) < 4.78 is 0. The van der Waals surface area contributed by atoms with E-state index in [2.05, 4.69) is 21.3 Å². The van der Waals surface area contributed by atoms with Crippen molar-refractivity contribution in [2.75, 3.05) is 30.7 Å². The highest BCUT2D eigenvalue weighted by Gasteiger charge is 2.16. The highest BCUT2D eigenvalue weighted by atomic mass is 35.5. The predicted octanol–water partition coefficient (Wildman–Crippen LogP) is 4.81. The number of piperidine rings is 1. The zero-order valence-corrected chi connectivity index (χ0v) is 19.6. The number of nitrogens with one attached hydrogen (secondary N) is 1. The Morgan fingerprint density at radius 3 is 2.59 bits per heavy atom. The standard InChI is InChI=1S/C26H27N5O2.ClH/c27-17-22-21(16-23(30-26(22)28)20-9-2-3-10-24(20)32)18-7-6-8-19(15-18)29-25(33)11-14-31-12-4-1-5-13-31;/h2-3,6-10,15-16,32H,1,4-5,11-14H2,(H2,28,30)(H,29,33);1H. The Labute approximate surface area is 205 Å². The maximum atomic E-state index is 12.5. The second-order valence-electron chi connectivity index (χ2n) is 8.23. The molecule has 0 unspecified atom stereocenters. The number of carbonyl (C=O) groups excluding carboxylic acids is 1. The molecule has 2 aromatic carbocycles. The van der Waals surface area contributed by atoms with Crippen molar-refractivity contribution in [3.05, 3.63) is 60.2 Å². The number of nitrogens with two attached hydrogens (primary N) is 1. The van der Waals surface area contributed by atoms with Crippen molar-refractivity contribution in [2.45, 2.75) is 25.7 Å². The van der Waals surface area contributed by atoms with Crippen LogP contribution in [0.1, 0.15) is 31.2 Å². The van der Waals surface area contributed by atoms with Crippen molar-refractivity contribution in [3.63, 3.8) is 0 Å². The lowest BCUT2D eigenvalue weighted by Gasteiger charge is -2.25. The number of nitriles is 1. The smallest absolute Gasteiger partial charge is 0.225 e. The fourth-order valence-electron chi connectivity index (χ4n) is 4.17. The zero-order valence-electron chi connectivity index (χ0n) is 18.8. The van der Waals surface area contributed by atoms with E-state index in [1.807, 2.05) is 24.3 Å².